The smallest absolute Gasteiger partial charge is 0.261 e. The molecule has 128 valence electrons. The van der Waals surface area contributed by atoms with E-state index in [-0.39, 0.29) is 18.0 Å². The lowest BCUT2D eigenvalue weighted by Gasteiger charge is -2.31. The molecule has 24 heavy (non-hydrogen) atoms. The van der Waals surface area contributed by atoms with Gasteiger partial charge in [0, 0.05) is 19.5 Å². The number of amides is 1. The third-order valence-electron chi connectivity index (χ3n) is 5.07. The van der Waals surface area contributed by atoms with Crippen molar-refractivity contribution in [2.75, 3.05) is 7.05 Å². The van der Waals surface area contributed by atoms with Gasteiger partial charge in [-0.15, -0.1) is 0 Å². The molecular weight excluding hydrogens is 302 g/mol. The van der Waals surface area contributed by atoms with Gasteiger partial charge in [0.1, 0.15) is 12.4 Å². The number of aryl methyl sites for hydroxylation is 1. The highest BCUT2D eigenvalue weighted by atomic mass is 16.2. The number of carbonyl (C=O) groups excluding carboxylic acids is 1. The quantitative estimate of drug-likeness (QED) is 0.867. The summed E-state index contributed by atoms with van der Waals surface area (Å²) in [7, 11) is 1.86. The van der Waals surface area contributed by atoms with Gasteiger partial charge >= 0.3 is 0 Å². The summed E-state index contributed by atoms with van der Waals surface area (Å²) in [5.74, 6) is 0.667. The highest BCUT2D eigenvalue weighted by Crippen LogP contribution is 2.21. The van der Waals surface area contributed by atoms with Crippen molar-refractivity contribution in [3.05, 3.63) is 40.4 Å². The first kappa shape index (κ1) is 16.7. The standard InChI is InChI=1S/C19H25N3O2/c1-3-17-20-16-12-8-7-11-15(16)19(24)22(17)13-18(23)21(2)14-9-5-4-6-10-14/h7-8,11-12,14H,3-6,9-10,13H2,1-2H3. The molecule has 0 bridgehead atoms. The van der Waals surface area contributed by atoms with Crippen LogP contribution in [0.15, 0.2) is 29.1 Å². The maximum absolute atomic E-state index is 12.8. The molecule has 1 aliphatic carbocycles. The van der Waals surface area contributed by atoms with Crippen molar-refractivity contribution < 1.29 is 4.79 Å². The molecule has 1 amide bonds. The molecule has 1 aromatic carbocycles. The molecule has 5 nitrogen and oxygen atoms in total. The Morgan fingerprint density at radius 3 is 2.67 bits per heavy atom. The van der Waals surface area contributed by atoms with Crippen LogP contribution in [-0.4, -0.2) is 33.4 Å². The molecule has 0 atom stereocenters. The number of hydrogen-bond donors (Lipinski definition) is 0. The molecule has 2 aromatic rings. The number of para-hydroxylation sites is 1. The van der Waals surface area contributed by atoms with E-state index in [2.05, 4.69) is 4.98 Å². The van der Waals surface area contributed by atoms with Gasteiger partial charge in [-0.3, -0.25) is 14.2 Å². The minimum absolute atomic E-state index is 0.00391. The zero-order chi connectivity index (χ0) is 17.1. The predicted molar refractivity (Wildman–Crippen MR) is 95.0 cm³/mol. The number of fused-ring (bicyclic) bond motifs is 1. The fourth-order valence-corrected chi connectivity index (χ4v) is 3.57. The van der Waals surface area contributed by atoms with Crippen molar-refractivity contribution in [3.63, 3.8) is 0 Å². The second kappa shape index (κ2) is 7.16. The molecule has 0 unspecified atom stereocenters. The van der Waals surface area contributed by atoms with Gasteiger partial charge in [0.05, 0.1) is 10.9 Å². The Morgan fingerprint density at radius 2 is 1.96 bits per heavy atom. The summed E-state index contributed by atoms with van der Waals surface area (Å²) >= 11 is 0. The molecular formula is C19H25N3O2. The summed E-state index contributed by atoms with van der Waals surface area (Å²) in [5, 5.41) is 0.572. The second-order valence-corrected chi connectivity index (χ2v) is 6.59. The van der Waals surface area contributed by atoms with Crippen molar-refractivity contribution in [2.24, 2.45) is 0 Å². The third kappa shape index (κ3) is 3.21. The molecule has 1 fully saturated rings. The molecule has 1 aliphatic rings. The minimum Gasteiger partial charge on any atom is -0.341 e. The van der Waals surface area contributed by atoms with E-state index in [0.717, 1.165) is 12.8 Å². The van der Waals surface area contributed by atoms with Crippen LogP contribution in [0, 0.1) is 0 Å². The molecule has 1 heterocycles. The predicted octanol–water partition coefficient (Wildman–Crippen LogP) is 2.75. The summed E-state index contributed by atoms with van der Waals surface area (Å²) in [6, 6.07) is 7.63. The normalized spacial score (nSPS) is 15.6. The summed E-state index contributed by atoms with van der Waals surface area (Å²) in [5.41, 5.74) is 0.575. The van der Waals surface area contributed by atoms with Gasteiger partial charge in [0.25, 0.3) is 5.56 Å². The number of likely N-dealkylation sites (N-methyl/N-ethyl adjacent to an activating group) is 1. The zero-order valence-electron chi connectivity index (χ0n) is 14.5. The first-order valence-corrected chi connectivity index (χ1v) is 8.86. The van der Waals surface area contributed by atoms with E-state index in [0.29, 0.717) is 29.2 Å². The molecule has 0 aliphatic heterocycles. The van der Waals surface area contributed by atoms with Gasteiger partial charge in [0.15, 0.2) is 0 Å². The fourth-order valence-electron chi connectivity index (χ4n) is 3.57. The van der Waals surface area contributed by atoms with Gasteiger partial charge in [-0.05, 0) is 25.0 Å². The van der Waals surface area contributed by atoms with Crippen molar-refractivity contribution in [1.29, 1.82) is 0 Å². The number of nitrogens with zero attached hydrogens (tertiary/aromatic N) is 3. The second-order valence-electron chi connectivity index (χ2n) is 6.59. The number of carbonyl (C=O) groups is 1. The number of benzene rings is 1. The van der Waals surface area contributed by atoms with Gasteiger partial charge in [-0.25, -0.2) is 4.98 Å². The largest absolute Gasteiger partial charge is 0.341 e. The van der Waals surface area contributed by atoms with E-state index in [4.69, 9.17) is 0 Å². The van der Waals surface area contributed by atoms with Gasteiger partial charge in [-0.1, -0.05) is 38.3 Å². The molecule has 0 saturated heterocycles. The Balaban J connectivity index is 1.89. The Labute approximate surface area is 142 Å². The number of hydrogen-bond acceptors (Lipinski definition) is 3. The fraction of sp³-hybridized carbons (Fsp3) is 0.526. The van der Waals surface area contributed by atoms with Gasteiger partial charge < -0.3 is 4.90 Å². The molecule has 0 spiro atoms. The highest BCUT2D eigenvalue weighted by Gasteiger charge is 2.23. The number of rotatable bonds is 4. The van der Waals surface area contributed by atoms with Crippen LogP contribution in [-0.2, 0) is 17.8 Å². The minimum atomic E-state index is -0.122. The lowest BCUT2D eigenvalue weighted by molar-refractivity contribution is -0.133. The van der Waals surface area contributed by atoms with Crippen molar-refractivity contribution in [3.8, 4) is 0 Å². The van der Waals surface area contributed by atoms with Crippen molar-refractivity contribution >= 4 is 16.8 Å². The zero-order valence-corrected chi connectivity index (χ0v) is 14.5. The first-order chi connectivity index (χ1) is 11.6. The van der Waals surface area contributed by atoms with E-state index in [9.17, 15) is 9.59 Å². The third-order valence-corrected chi connectivity index (χ3v) is 5.07. The summed E-state index contributed by atoms with van der Waals surface area (Å²) < 4.78 is 1.55. The lowest BCUT2D eigenvalue weighted by Crippen LogP contribution is -2.42. The van der Waals surface area contributed by atoms with E-state index < -0.39 is 0 Å². The summed E-state index contributed by atoms with van der Waals surface area (Å²) in [4.78, 5) is 31.9. The molecule has 5 heteroatoms. The molecule has 0 N–H and O–H groups in total. The van der Waals surface area contributed by atoms with E-state index in [1.807, 2.05) is 37.1 Å². The number of aromatic nitrogens is 2. The van der Waals surface area contributed by atoms with Crippen LogP contribution in [0.1, 0.15) is 44.9 Å². The van der Waals surface area contributed by atoms with Crippen LogP contribution in [0.25, 0.3) is 10.9 Å². The van der Waals surface area contributed by atoms with Gasteiger partial charge in [-0.2, -0.15) is 0 Å². The van der Waals surface area contributed by atoms with E-state index in [1.165, 1.54) is 19.3 Å². The molecule has 0 radical (unpaired) electrons. The summed E-state index contributed by atoms with van der Waals surface area (Å²) in [6.45, 7) is 2.04. The van der Waals surface area contributed by atoms with Crippen molar-refractivity contribution in [2.45, 2.75) is 58.0 Å². The maximum Gasteiger partial charge on any atom is 0.261 e. The van der Waals surface area contributed by atoms with Crippen LogP contribution in [0.5, 0.6) is 0 Å². The van der Waals surface area contributed by atoms with E-state index >= 15 is 0 Å². The molecule has 1 aromatic heterocycles. The van der Waals surface area contributed by atoms with Crippen molar-refractivity contribution in [1.82, 2.24) is 14.5 Å². The highest BCUT2D eigenvalue weighted by molar-refractivity contribution is 5.79. The summed E-state index contributed by atoms with van der Waals surface area (Å²) in [6.07, 6.45) is 6.37. The molecule has 1 saturated carbocycles. The average Bonchev–Trinajstić information content (AvgIpc) is 2.63. The van der Waals surface area contributed by atoms with E-state index in [1.54, 1.807) is 10.6 Å². The van der Waals surface area contributed by atoms with Gasteiger partial charge in [0.2, 0.25) is 5.91 Å². The Morgan fingerprint density at radius 1 is 1.25 bits per heavy atom. The van der Waals surface area contributed by atoms with Crippen LogP contribution in [0.2, 0.25) is 0 Å². The Bertz CT molecular complexity index is 791. The SMILES string of the molecule is CCc1nc2ccccc2c(=O)n1CC(=O)N(C)C1CCCCC1. The lowest BCUT2D eigenvalue weighted by atomic mass is 9.94. The van der Waals surface area contributed by atoms with Crippen LogP contribution < -0.4 is 5.56 Å². The van der Waals surface area contributed by atoms with Crippen LogP contribution in [0.3, 0.4) is 0 Å². The Hall–Kier alpha value is -2.17. The maximum atomic E-state index is 12.8. The van der Waals surface area contributed by atoms with Crippen LogP contribution >= 0.6 is 0 Å². The monoisotopic (exact) mass is 327 g/mol. The first-order valence-electron chi connectivity index (χ1n) is 8.86. The molecule has 3 rings (SSSR count). The average molecular weight is 327 g/mol. The van der Waals surface area contributed by atoms with Crippen LogP contribution in [0.4, 0.5) is 0 Å². The Kier molecular flexibility index (Phi) is 4.97. The topological polar surface area (TPSA) is 55.2 Å².